The summed E-state index contributed by atoms with van der Waals surface area (Å²) in [6.07, 6.45) is -0.293. The first-order chi connectivity index (χ1) is 9.99. The fourth-order valence-corrected chi connectivity index (χ4v) is 2.15. The molecule has 0 aromatic heterocycles. The number of carbonyl (C=O) groups excluding carboxylic acids is 2. The second-order valence-electron chi connectivity index (χ2n) is 4.45. The number of amides is 3. The van der Waals surface area contributed by atoms with Crippen LogP contribution in [0.2, 0.25) is 0 Å². The van der Waals surface area contributed by atoms with Crippen LogP contribution in [-0.4, -0.2) is 42.9 Å². The topological polar surface area (TPSA) is 122 Å². The molecule has 0 fully saturated rings. The van der Waals surface area contributed by atoms with Crippen molar-refractivity contribution in [3.05, 3.63) is 29.3 Å². The van der Waals surface area contributed by atoms with E-state index in [1.54, 1.807) is 12.1 Å². The van der Waals surface area contributed by atoms with Crippen LogP contribution in [0.25, 0.3) is 0 Å². The number of urea groups is 1. The van der Waals surface area contributed by atoms with Gasteiger partial charge in [0.15, 0.2) is 0 Å². The molecule has 0 spiro atoms. The third-order valence-corrected chi connectivity index (χ3v) is 3.09. The summed E-state index contributed by atoms with van der Waals surface area (Å²) in [6, 6.07) is 4.32. The summed E-state index contributed by atoms with van der Waals surface area (Å²) in [5, 5.41) is 11.5. The van der Waals surface area contributed by atoms with Gasteiger partial charge < -0.3 is 20.9 Å². The molecular formula is C13H15N3O5. The van der Waals surface area contributed by atoms with Gasteiger partial charge in [-0.1, -0.05) is 0 Å². The maximum atomic E-state index is 12.0. The van der Waals surface area contributed by atoms with E-state index in [0.717, 1.165) is 5.56 Å². The number of rotatable bonds is 4. The molecule has 0 radical (unpaired) electrons. The van der Waals surface area contributed by atoms with E-state index in [9.17, 15) is 14.4 Å². The molecule has 1 heterocycles. The van der Waals surface area contributed by atoms with E-state index in [-0.39, 0.29) is 24.7 Å². The molecule has 2 rings (SSSR count). The van der Waals surface area contributed by atoms with Crippen molar-refractivity contribution in [2.75, 3.05) is 24.6 Å². The van der Waals surface area contributed by atoms with Crippen molar-refractivity contribution in [1.82, 2.24) is 5.32 Å². The Kier molecular flexibility index (Phi) is 4.27. The normalized spacial score (nSPS) is 12.7. The molecule has 21 heavy (non-hydrogen) atoms. The number of primary amides is 1. The van der Waals surface area contributed by atoms with Gasteiger partial charge in [-0.05, 0) is 30.2 Å². The fraction of sp³-hybridized carbons (Fsp3) is 0.308. The maximum absolute atomic E-state index is 12.0. The van der Waals surface area contributed by atoms with Gasteiger partial charge in [0.1, 0.15) is 6.61 Å². The zero-order valence-electron chi connectivity index (χ0n) is 11.2. The molecule has 4 N–H and O–H groups in total. The van der Waals surface area contributed by atoms with E-state index in [1.807, 2.05) is 0 Å². The summed E-state index contributed by atoms with van der Waals surface area (Å²) in [7, 11) is 0. The molecule has 3 amide bonds. The monoisotopic (exact) mass is 293 g/mol. The molecule has 0 bridgehead atoms. The van der Waals surface area contributed by atoms with Crippen LogP contribution in [0.1, 0.15) is 15.9 Å². The smallest absolute Gasteiger partial charge is 0.404 e. The number of carbonyl (C=O) groups is 3. The fourth-order valence-electron chi connectivity index (χ4n) is 2.15. The zero-order chi connectivity index (χ0) is 15.4. The van der Waals surface area contributed by atoms with Gasteiger partial charge in [-0.15, -0.1) is 0 Å². The predicted octanol–water partition coefficient (Wildman–Crippen LogP) is 0.552. The number of carboxylic acid groups (broad SMARTS) is 1. The van der Waals surface area contributed by atoms with Crippen LogP contribution in [0.4, 0.5) is 15.3 Å². The molecule has 1 aliphatic heterocycles. The molecule has 0 atom stereocenters. The Labute approximate surface area is 120 Å². The number of nitrogens with one attached hydrogen (secondary N) is 1. The minimum Gasteiger partial charge on any atom is -0.478 e. The average molecular weight is 293 g/mol. The third kappa shape index (κ3) is 3.41. The summed E-state index contributed by atoms with van der Waals surface area (Å²) in [5.74, 6) is -0.996. The maximum Gasteiger partial charge on any atom is 0.404 e. The lowest BCUT2D eigenvalue weighted by Crippen LogP contribution is -2.40. The third-order valence-electron chi connectivity index (χ3n) is 3.09. The number of fused-ring (bicyclic) bond motifs is 1. The first-order valence-corrected chi connectivity index (χ1v) is 6.33. The van der Waals surface area contributed by atoms with E-state index in [4.69, 9.17) is 10.8 Å². The highest BCUT2D eigenvalue weighted by molar-refractivity contribution is 5.96. The molecule has 112 valence electrons. The highest BCUT2D eigenvalue weighted by Gasteiger charge is 2.25. The number of hydrogen-bond acceptors (Lipinski definition) is 4. The van der Waals surface area contributed by atoms with Crippen LogP contribution in [-0.2, 0) is 11.2 Å². The molecule has 8 heteroatoms. The Balaban J connectivity index is 1.97. The largest absolute Gasteiger partial charge is 0.478 e. The second-order valence-corrected chi connectivity index (χ2v) is 4.45. The van der Waals surface area contributed by atoms with Crippen LogP contribution < -0.4 is 16.0 Å². The average Bonchev–Trinajstić information content (AvgIpc) is 2.86. The van der Waals surface area contributed by atoms with Gasteiger partial charge in [-0.25, -0.2) is 14.4 Å². The lowest BCUT2D eigenvalue weighted by Gasteiger charge is -2.18. The van der Waals surface area contributed by atoms with Crippen molar-refractivity contribution < 1.29 is 24.2 Å². The van der Waals surface area contributed by atoms with Crippen LogP contribution in [0.5, 0.6) is 0 Å². The molecule has 1 aliphatic rings. The Morgan fingerprint density at radius 3 is 2.81 bits per heavy atom. The van der Waals surface area contributed by atoms with Crippen molar-refractivity contribution in [1.29, 1.82) is 0 Å². The van der Waals surface area contributed by atoms with Crippen molar-refractivity contribution in [3.8, 4) is 0 Å². The van der Waals surface area contributed by atoms with E-state index in [0.29, 0.717) is 18.7 Å². The molecule has 0 aliphatic carbocycles. The van der Waals surface area contributed by atoms with Gasteiger partial charge in [-0.3, -0.25) is 4.90 Å². The summed E-state index contributed by atoms with van der Waals surface area (Å²) in [5.41, 5.74) is 6.51. The predicted molar refractivity (Wildman–Crippen MR) is 73.4 cm³/mol. The van der Waals surface area contributed by atoms with Crippen LogP contribution in [0, 0.1) is 0 Å². The summed E-state index contributed by atoms with van der Waals surface area (Å²) in [4.78, 5) is 34.8. The van der Waals surface area contributed by atoms with Crippen molar-refractivity contribution in [2.45, 2.75) is 6.42 Å². The molecule has 0 unspecified atom stereocenters. The van der Waals surface area contributed by atoms with Gasteiger partial charge in [0.05, 0.1) is 12.1 Å². The number of carboxylic acids is 1. The van der Waals surface area contributed by atoms with E-state index in [1.165, 1.54) is 11.0 Å². The first-order valence-electron chi connectivity index (χ1n) is 6.33. The Morgan fingerprint density at radius 1 is 1.38 bits per heavy atom. The van der Waals surface area contributed by atoms with Gasteiger partial charge in [0.25, 0.3) is 0 Å². The minimum atomic E-state index is -0.996. The number of anilines is 1. The second kappa shape index (κ2) is 6.12. The molecule has 0 saturated carbocycles. The van der Waals surface area contributed by atoms with Gasteiger partial charge in [-0.2, -0.15) is 0 Å². The van der Waals surface area contributed by atoms with Crippen LogP contribution in [0.3, 0.4) is 0 Å². The molecular weight excluding hydrogens is 278 g/mol. The lowest BCUT2D eigenvalue weighted by molar-refractivity contribution is 0.0696. The van der Waals surface area contributed by atoms with Crippen molar-refractivity contribution in [2.24, 2.45) is 5.73 Å². The van der Waals surface area contributed by atoms with E-state index in [2.05, 4.69) is 10.1 Å². The Morgan fingerprint density at radius 2 is 2.14 bits per heavy atom. The van der Waals surface area contributed by atoms with Gasteiger partial charge in [0, 0.05) is 12.2 Å². The van der Waals surface area contributed by atoms with E-state index >= 15 is 0 Å². The van der Waals surface area contributed by atoms with Crippen LogP contribution in [0.15, 0.2) is 18.2 Å². The van der Waals surface area contributed by atoms with E-state index < -0.39 is 12.1 Å². The number of nitrogens with zero attached hydrogens (tertiary/aromatic N) is 1. The SMILES string of the molecule is NC(=O)OCCNC(=O)N1CCc2cc(C(=O)O)ccc21. The number of nitrogens with two attached hydrogens (primary N) is 1. The van der Waals surface area contributed by atoms with Crippen molar-refractivity contribution in [3.63, 3.8) is 0 Å². The molecule has 0 saturated heterocycles. The van der Waals surface area contributed by atoms with Gasteiger partial charge >= 0.3 is 18.1 Å². The number of ether oxygens (including phenoxy) is 1. The first kappa shape index (κ1) is 14.6. The Bertz CT molecular complexity index is 587. The van der Waals surface area contributed by atoms with Crippen LogP contribution >= 0.6 is 0 Å². The standard InChI is InChI=1S/C13H15N3O5/c14-12(19)21-6-4-15-13(20)16-5-3-8-7-9(11(17)18)1-2-10(8)16/h1-2,7H,3-6H2,(H2,14,19)(H,15,20)(H,17,18). The quantitative estimate of drug-likeness (QED) is 0.700. The summed E-state index contributed by atoms with van der Waals surface area (Å²) in [6.45, 7) is 0.626. The molecule has 1 aromatic rings. The lowest BCUT2D eigenvalue weighted by atomic mass is 10.1. The van der Waals surface area contributed by atoms with Gasteiger partial charge in [0.2, 0.25) is 0 Å². The molecule has 8 nitrogen and oxygen atoms in total. The Hall–Kier alpha value is -2.77. The number of aromatic carboxylic acids is 1. The zero-order valence-corrected chi connectivity index (χ0v) is 11.2. The highest BCUT2D eigenvalue weighted by Crippen LogP contribution is 2.28. The van der Waals surface area contributed by atoms with Crippen molar-refractivity contribution >= 4 is 23.8 Å². The number of benzene rings is 1. The number of hydrogen-bond donors (Lipinski definition) is 3. The molecule has 1 aromatic carbocycles. The highest BCUT2D eigenvalue weighted by atomic mass is 16.5. The summed E-state index contributed by atoms with van der Waals surface area (Å²) < 4.78 is 4.51. The summed E-state index contributed by atoms with van der Waals surface area (Å²) >= 11 is 0. The minimum absolute atomic E-state index is 0.000275.